The van der Waals surface area contributed by atoms with Crippen molar-refractivity contribution in [1.82, 2.24) is 25.4 Å². The maximum atomic E-state index is 12.7. The minimum atomic E-state index is -0.774. The summed E-state index contributed by atoms with van der Waals surface area (Å²) in [6, 6.07) is 15.7. The number of nitrogens with one attached hydrogen (secondary N) is 3. The summed E-state index contributed by atoms with van der Waals surface area (Å²) >= 11 is 0. The van der Waals surface area contributed by atoms with Gasteiger partial charge in [-0.05, 0) is 49.2 Å². The molecule has 3 aromatic rings. The average molecular weight is 546 g/mol. The standard InChI is InChI=1S/C27H31N9O4/c28-23(37)22-24(29-20-10-8-18(9-11-20)25(38)35-13-15-40-16-14-35)32-26(34-33-22)36-12-4-7-21(17-36)31-27(39)30-19-5-2-1-3-6-19/h1-3,5-6,8-11,21H,4,7,12-17H2,(H2,28,37)(H,29,32,34)(H2,30,31,39)/t21-/m1/s1. The third-order valence-corrected chi connectivity index (χ3v) is 6.67. The molecule has 2 aliphatic rings. The number of carbonyl (C=O) groups excluding carboxylic acids is 3. The number of nitrogens with zero attached hydrogens (tertiary/aromatic N) is 5. The summed E-state index contributed by atoms with van der Waals surface area (Å²) in [7, 11) is 0. The van der Waals surface area contributed by atoms with Gasteiger partial charge in [0, 0.05) is 49.2 Å². The molecule has 2 fully saturated rings. The molecule has 3 heterocycles. The number of nitrogens with two attached hydrogens (primary N) is 1. The zero-order valence-electron chi connectivity index (χ0n) is 21.9. The van der Waals surface area contributed by atoms with Crippen molar-refractivity contribution in [3.8, 4) is 0 Å². The number of aromatic nitrogens is 3. The predicted molar refractivity (Wildman–Crippen MR) is 149 cm³/mol. The first kappa shape index (κ1) is 26.8. The van der Waals surface area contributed by atoms with Gasteiger partial charge in [0.1, 0.15) is 0 Å². The number of hydrogen-bond acceptors (Lipinski definition) is 9. The second-order valence-electron chi connectivity index (χ2n) is 9.53. The van der Waals surface area contributed by atoms with Crippen molar-refractivity contribution in [1.29, 1.82) is 0 Å². The minimum absolute atomic E-state index is 0.0654. The molecule has 13 heteroatoms. The van der Waals surface area contributed by atoms with E-state index in [2.05, 4.69) is 31.1 Å². The predicted octanol–water partition coefficient (Wildman–Crippen LogP) is 1.98. The lowest BCUT2D eigenvalue weighted by atomic mass is 10.1. The van der Waals surface area contributed by atoms with E-state index in [0.717, 1.165) is 12.8 Å². The Bertz CT molecular complexity index is 1350. The Kier molecular flexibility index (Phi) is 8.30. The smallest absolute Gasteiger partial charge is 0.319 e. The van der Waals surface area contributed by atoms with Crippen LogP contribution in [0.5, 0.6) is 0 Å². The van der Waals surface area contributed by atoms with Gasteiger partial charge in [0.05, 0.1) is 13.2 Å². The first-order valence-electron chi connectivity index (χ1n) is 13.1. The second-order valence-corrected chi connectivity index (χ2v) is 9.53. The number of benzene rings is 2. The Morgan fingerprint density at radius 2 is 1.68 bits per heavy atom. The molecule has 0 bridgehead atoms. The van der Waals surface area contributed by atoms with Crippen LogP contribution >= 0.6 is 0 Å². The quantitative estimate of drug-likeness (QED) is 0.347. The number of rotatable bonds is 7. The van der Waals surface area contributed by atoms with Gasteiger partial charge >= 0.3 is 6.03 Å². The monoisotopic (exact) mass is 545 g/mol. The number of carbonyl (C=O) groups is 3. The highest BCUT2D eigenvalue weighted by Gasteiger charge is 2.25. The molecule has 2 saturated heterocycles. The van der Waals surface area contributed by atoms with Crippen LogP contribution in [-0.2, 0) is 4.74 Å². The van der Waals surface area contributed by atoms with Gasteiger partial charge in [0.15, 0.2) is 11.5 Å². The van der Waals surface area contributed by atoms with Crippen molar-refractivity contribution >= 4 is 41.0 Å². The van der Waals surface area contributed by atoms with E-state index in [1.807, 2.05) is 35.2 Å². The molecule has 5 N–H and O–H groups in total. The average Bonchev–Trinajstić information content (AvgIpc) is 2.98. The van der Waals surface area contributed by atoms with Gasteiger partial charge in [-0.3, -0.25) is 9.59 Å². The van der Waals surface area contributed by atoms with Crippen LogP contribution in [0.25, 0.3) is 0 Å². The van der Waals surface area contributed by atoms with Gasteiger partial charge in [0.25, 0.3) is 11.8 Å². The van der Waals surface area contributed by atoms with Crippen molar-refractivity contribution in [2.24, 2.45) is 5.73 Å². The van der Waals surface area contributed by atoms with E-state index < -0.39 is 5.91 Å². The lowest BCUT2D eigenvalue weighted by molar-refractivity contribution is 0.0303. The molecule has 5 rings (SSSR count). The Hall–Kier alpha value is -4.78. The largest absolute Gasteiger partial charge is 0.378 e. The molecule has 2 aromatic carbocycles. The molecule has 40 heavy (non-hydrogen) atoms. The van der Waals surface area contributed by atoms with Crippen LogP contribution in [0.15, 0.2) is 54.6 Å². The fourth-order valence-electron chi connectivity index (χ4n) is 4.64. The van der Waals surface area contributed by atoms with E-state index in [-0.39, 0.29) is 29.5 Å². The van der Waals surface area contributed by atoms with Crippen LogP contribution in [-0.4, -0.2) is 83.4 Å². The Balaban J connectivity index is 1.26. The van der Waals surface area contributed by atoms with Crippen molar-refractivity contribution in [3.05, 3.63) is 65.9 Å². The van der Waals surface area contributed by atoms with Crippen LogP contribution in [0.1, 0.15) is 33.7 Å². The number of para-hydroxylation sites is 1. The van der Waals surface area contributed by atoms with Gasteiger partial charge in [-0.1, -0.05) is 18.2 Å². The number of primary amides is 1. The number of amides is 4. The summed E-state index contributed by atoms with van der Waals surface area (Å²) in [6.45, 7) is 3.30. The molecule has 0 saturated carbocycles. The normalized spacial score (nSPS) is 17.1. The van der Waals surface area contributed by atoms with Crippen molar-refractivity contribution in [2.45, 2.75) is 18.9 Å². The number of anilines is 4. The third kappa shape index (κ3) is 6.61. The lowest BCUT2D eigenvalue weighted by Crippen LogP contribution is -2.49. The van der Waals surface area contributed by atoms with Crippen LogP contribution in [0.4, 0.5) is 27.9 Å². The third-order valence-electron chi connectivity index (χ3n) is 6.67. The Labute approximate surface area is 231 Å². The molecule has 4 amide bonds. The molecule has 0 aliphatic carbocycles. The van der Waals surface area contributed by atoms with E-state index in [0.29, 0.717) is 62.3 Å². The maximum Gasteiger partial charge on any atom is 0.319 e. The van der Waals surface area contributed by atoms with Crippen molar-refractivity contribution in [2.75, 3.05) is 54.9 Å². The van der Waals surface area contributed by atoms with Crippen LogP contribution in [0.3, 0.4) is 0 Å². The summed E-state index contributed by atoms with van der Waals surface area (Å²) < 4.78 is 5.32. The first-order chi connectivity index (χ1) is 19.5. The zero-order valence-corrected chi connectivity index (χ0v) is 21.9. The van der Waals surface area contributed by atoms with Crippen LogP contribution in [0.2, 0.25) is 0 Å². The highest BCUT2D eigenvalue weighted by molar-refractivity contribution is 5.97. The van der Waals surface area contributed by atoms with E-state index >= 15 is 0 Å². The summed E-state index contributed by atoms with van der Waals surface area (Å²) in [5.74, 6) is -0.378. The Morgan fingerprint density at radius 1 is 0.925 bits per heavy atom. The molecule has 13 nitrogen and oxygen atoms in total. The fourth-order valence-corrected chi connectivity index (χ4v) is 4.64. The number of morpholine rings is 1. The highest BCUT2D eigenvalue weighted by atomic mass is 16.5. The highest BCUT2D eigenvalue weighted by Crippen LogP contribution is 2.22. The zero-order chi connectivity index (χ0) is 27.9. The van der Waals surface area contributed by atoms with Gasteiger partial charge < -0.3 is 36.2 Å². The summed E-state index contributed by atoms with van der Waals surface area (Å²) in [4.78, 5) is 45.5. The van der Waals surface area contributed by atoms with Gasteiger partial charge in [-0.25, -0.2) is 4.79 Å². The number of piperidine rings is 1. The molecular formula is C27H31N9O4. The van der Waals surface area contributed by atoms with Gasteiger partial charge in [-0.2, -0.15) is 4.98 Å². The second kappa shape index (κ2) is 12.4. The van der Waals surface area contributed by atoms with Crippen molar-refractivity contribution < 1.29 is 19.1 Å². The van der Waals surface area contributed by atoms with E-state index in [9.17, 15) is 14.4 Å². The van der Waals surface area contributed by atoms with Crippen LogP contribution in [0, 0.1) is 0 Å². The van der Waals surface area contributed by atoms with Gasteiger partial charge in [-0.15, -0.1) is 10.2 Å². The molecule has 0 spiro atoms. The molecule has 0 unspecified atom stereocenters. The SMILES string of the molecule is NC(=O)c1nnc(N2CCC[C@@H](NC(=O)Nc3ccccc3)C2)nc1Nc1ccc(C(=O)N2CCOCC2)cc1. The lowest BCUT2D eigenvalue weighted by Gasteiger charge is -2.33. The molecule has 0 radical (unpaired) electrons. The van der Waals surface area contributed by atoms with E-state index in [1.165, 1.54) is 0 Å². The van der Waals surface area contributed by atoms with Crippen molar-refractivity contribution in [3.63, 3.8) is 0 Å². The molecule has 1 atom stereocenters. The summed E-state index contributed by atoms with van der Waals surface area (Å²) in [6.07, 6.45) is 1.60. The number of hydrogen-bond donors (Lipinski definition) is 4. The van der Waals surface area contributed by atoms with Gasteiger partial charge in [0.2, 0.25) is 5.95 Å². The van der Waals surface area contributed by atoms with E-state index in [1.54, 1.807) is 29.2 Å². The minimum Gasteiger partial charge on any atom is -0.378 e. The number of urea groups is 1. The topological polar surface area (TPSA) is 168 Å². The number of ether oxygens (including phenoxy) is 1. The fraction of sp³-hybridized carbons (Fsp3) is 0.333. The first-order valence-corrected chi connectivity index (χ1v) is 13.1. The molecule has 1 aromatic heterocycles. The summed E-state index contributed by atoms with van der Waals surface area (Å²) in [5.41, 5.74) is 7.28. The Morgan fingerprint density at radius 3 is 2.40 bits per heavy atom. The molecule has 2 aliphatic heterocycles. The molecule has 208 valence electrons. The van der Waals surface area contributed by atoms with Crippen LogP contribution < -0.4 is 26.6 Å². The maximum absolute atomic E-state index is 12.7. The summed E-state index contributed by atoms with van der Waals surface area (Å²) in [5, 5.41) is 17.1. The molecular weight excluding hydrogens is 514 g/mol. The van der Waals surface area contributed by atoms with E-state index in [4.69, 9.17) is 10.5 Å².